The molecule has 0 saturated heterocycles. The number of benzene rings is 3. The van der Waals surface area contributed by atoms with Crippen LogP contribution in [0.3, 0.4) is 0 Å². The van der Waals surface area contributed by atoms with E-state index in [4.69, 9.17) is 0 Å². The maximum absolute atomic E-state index is 11.5. The number of nitro benzene ring substituents is 1. The molecule has 0 amide bonds. The Morgan fingerprint density at radius 2 is 1.80 bits per heavy atom. The number of nitrogens with zero attached hydrogens (tertiary/aromatic N) is 2. The van der Waals surface area contributed by atoms with Gasteiger partial charge in [0.05, 0.1) is 21.5 Å². The molecular formula is C20H11BrN2O2. The molecule has 2 heterocycles. The Labute approximate surface area is 150 Å². The second kappa shape index (κ2) is 5.04. The van der Waals surface area contributed by atoms with E-state index in [2.05, 4.69) is 50.8 Å². The van der Waals surface area contributed by atoms with E-state index in [1.807, 2.05) is 24.3 Å². The fraction of sp³-hybridized carbons (Fsp3) is 0. The number of nitro groups is 1. The first-order valence-corrected chi connectivity index (χ1v) is 8.62. The summed E-state index contributed by atoms with van der Waals surface area (Å²) < 4.78 is 3.00. The maximum atomic E-state index is 11.5. The zero-order valence-corrected chi connectivity index (χ0v) is 14.5. The minimum atomic E-state index is -0.329. The summed E-state index contributed by atoms with van der Waals surface area (Å²) in [6, 6.07) is 19.4. The molecule has 2 aromatic heterocycles. The van der Waals surface area contributed by atoms with Crippen LogP contribution in [0.15, 0.2) is 71.3 Å². The third kappa shape index (κ3) is 1.99. The summed E-state index contributed by atoms with van der Waals surface area (Å²) in [5.41, 5.74) is 3.89. The van der Waals surface area contributed by atoms with Crippen molar-refractivity contribution in [2.75, 3.05) is 0 Å². The van der Waals surface area contributed by atoms with Crippen molar-refractivity contribution in [2.45, 2.75) is 0 Å². The molecule has 0 atom stereocenters. The van der Waals surface area contributed by atoms with Gasteiger partial charge in [-0.1, -0.05) is 34.1 Å². The van der Waals surface area contributed by atoms with Crippen LogP contribution in [-0.2, 0) is 0 Å². The predicted octanol–water partition coefficient (Wildman–Crippen LogP) is 6.02. The Morgan fingerprint density at radius 1 is 0.960 bits per heavy atom. The van der Waals surface area contributed by atoms with Gasteiger partial charge < -0.3 is 4.40 Å². The van der Waals surface area contributed by atoms with Crippen molar-refractivity contribution in [3.8, 4) is 11.1 Å². The molecule has 0 spiro atoms. The van der Waals surface area contributed by atoms with Gasteiger partial charge >= 0.3 is 0 Å². The number of halogens is 1. The monoisotopic (exact) mass is 390 g/mol. The normalized spacial score (nSPS) is 11.7. The van der Waals surface area contributed by atoms with E-state index in [0.717, 1.165) is 37.2 Å². The Kier molecular flexibility index (Phi) is 2.91. The molecule has 120 valence electrons. The smallest absolute Gasteiger partial charge is 0.277 e. The van der Waals surface area contributed by atoms with Crippen molar-refractivity contribution >= 4 is 48.8 Å². The number of fused-ring (bicyclic) bond motifs is 3. The Hall–Kier alpha value is -2.92. The van der Waals surface area contributed by atoms with Crippen LogP contribution in [0.2, 0.25) is 0 Å². The molecule has 5 aromatic rings. The van der Waals surface area contributed by atoms with Gasteiger partial charge in [0.25, 0.3) is 5.69 Å². The minimum Gasteiger partial charge on any atom is -0.315 e. The van der Waals surface area contributed by atoms with Crippen molar-refractivity contribution in [1.29, 1.82) is 0 Å². The molecule has 4 nitrogen and oxygen atoms in total. The number of aromatic nitrogens is 1. The van der Waals surface area contributed by atoms with Gasteiger partial charge in [-0.05, 0) is 42.0 Å². The number of para-hydroxylation sites is 1. The lowest BCUT2D eigenvalue weighted by atomic mass is 9.99. The molecule has 5 rings (SSSR count). The third-order valence-electron chi connectivity index (χ3n) is 4.70. The fourth-order valence-electron chi connectivity index (χ4n) is 3.65. The molecule has 0 saturated carbocycles. The van der Waals surface area contributed by atoms with Crippen LogP contribution in [0.1, 0.15) is 0 Å². The van der Waals surface area contributed by atoms with E-state index in [1.165, 1.54) is 0 Å². The zero-order valence-electron chi connectivity index (χ0n) is 12.9. The second-order valence-corrected chi connectivity index (χ2v) is 7.00. The van der Waals surface area contributed by atoms with Crippen LogP contribution < -0.4 is 0 Å². The molecule has 3 aromatic carbocycles. The highest BCUT2D eigenvalue weighted by molar-refractivity contribution is 9.10. The van der Waals surface area contributed by atoms with E-state index in [1.54, 1.807) is 12.1 Å². The van der Waals surface area contributed by atoms with E-state index in [-0.39, 0.29) is 10.6 Å². The lowest BCUT2D eigenvalue weighted by Crippen LogP contribution is -1.92. The quantitative estimate of drug-likeness (QED) is 0.273. The van der Waals surface area contributed by atoms with Crippen molar-refractivity contribution in [3.05, 3.63) is 81.4 Å². The van der Waals surface area contributed by atoms with Crippen LogP contribution >= 0.6 is 15.9 Å². The highest BCUT2D eigenvalue weighted by Gasteiger charge is 2.19. The van der Waals surface area contributed by atoms with Gasteiger partial charge in [-0.25, -0.2) is 0 Å². The minimum absolute atomic E-state index is 0.112. The first-order chi connectivity index (χ1) is 12.1. The fourth-order valence-corrected chi connectivity index (χ4v) is 4.01. The number of hydrogen-bond acceptors (Lipinski definition) is 2. The first-order valence-electron chi connectivity index (χ1n) is 7.83. The Balaban J connectivity index is 1.92. The van der Waals surface area contributed by atoms with Gasteiger partial charge in [0, 0.05) is 32.9 Å². The number of rotatable bonds is 2. The lowest BCUT2D eigenvalue weighted by Gasteiger charge is -2.06. The largest absolute Gasteiger partial charge is 0.315 e. The van der Waals surface area contributed by atoms with Gasteiger partial charge in [0.1, 0.15) is 0 Å². The van der Waals surface area contributed by atoms with E-state index >= 15 is 0 Å². The maximum Gasteiger partial charge on any atom is 0.277 e. The van der Waals surface area contributed by atoms with Crippen LogP contribution in [-0.4, -0.2) is 9.32 Å². The molecular weight excluding hydrogens is 380 g/mol. The van der Waals surface area contributed by atoms with Gasteiger partial charge in [-0.2, -0.15) is 0 Å². The summed E-state index contributed by atoms with van der Waals surface area (Å²) in [6.07, 6.45) is 2.05. The molecule has 0 unspecified atom stereocenters. The molecule has 5 heteroatoms. The molecule has 0 radical (unpaired) electrons. The van der Waals surface area contributed by atoms with Crippen molar-refractivity contribution < 1.29 is 4.92 Å². The molecule has 0 aliphatic heterocycles. The van der Waals surface area contributed by atoms with Crippen molar-refractivity contribution in [2.24, 2.45) is 0 Å². The Bertz CT molecular complexity index is 1290. The Morgan fingerprint density at radius 3 is 2.64 bits per heavy atom. The third-order valence-corrected chi connectivity index (χ3v) is 5.20. The first kappa shape index (κ1) is 14.4. The van der Waals surface area contributed by atoms with Crippen LogP contribution in [0.25, 0.3) is 38.3 Å². The summed E-state index contributed by atoms with van der Waals surface area (Å²) in [6.45, 7) is 0. The molecule has 0 aliphatic carbocycles. The molecule has 0 N–H and O–H groups in total. The summed E-state index contributed by atoms with van der Waals surface area (Å²) in [4.78, 5) is 11.1. The average Bonchev–Trinajstić information content (AvgIpc) is 3.17. The summed E-state index contributed by atoms with van der Waals surface area (Å²) >= 11 is 3.43. The zero-order chi connectivity index (χ0) is 17.1. The number of hydrogen-bond donors (Lipinski definition) is 0. The van der Waals surface area contributed by atoms with E-state index in [9.17, 15) is 10.1 Å². The van der Waals surface area contributed by atoms with Crippen LogP contribution in [0.4, 0.5) is 5.69 Å². The molecule has 0 aliphatic rings. The molecule has 25 heavy (non-hydrogen) atoms. The lowest BCUT2D eigenvalue weighted by molar-refractivity contribution is -0.384. The SMILES string of the molecule is O=[N+]([O-])c1ccc(Br)cc1-c1cc2ccn3c4ccccc4c(c1)c23. The van der Waals surface area contributed by atoms with Crippen molar-refractivity contribution in [3.63, 3.8) is 0 Å². The summed E-state index contributed by atoms with van der Waals surface area (Å²) in [5, 5.41) is 14.8. The van der Waals surface area contributed by atoms with Gasteiger partial charge in [-0.15, -0.1) is 0 Å². The van der Waals surface area contributed by atoms with Crippen LogP contribution in [0.5, 0.6) is 0 Å². The van der Waals surface area contributed by atoms with E-state index in [0.29, 0.717) is 5.56 Å². The van der Waals surface area contributed by atoms with E-state index < -0.39 is 0 Å². The van der Waals surface area contributed by atoms with Crippen molar-refractivity contribution in [1.82, 2.24) is 4.40 Å². The standard InChI is InChI=1S/C20H11BrN2O2/c21-14-5-6-19(23(24)25)16(11-14)13-9-12-7-8-22-18-4-2-1-3-15(18)17(10-13)20(12)22/h1-11H. The molecule has 0 bridgehead atoms. The molecule has 0 fully saturated rings. The topological polar surface area (TPSA) is 47.5 Å². The summed E-state index contributed by atoms with van der Waals surface area (Å²) in [5.74, 6) is 0. The van der Waals surface area contributed by atoms with Crippen LogP contribution in [0, 0.1) is 10.1 Å². The highest BCUT2D eigenvalue weighted by atomic mass is 79.9. The predicted molar refractivity (Wildman–Crippen MR) is 103 cm³/mol. The average molecular weight is 391 g/mol. The van der Waals surface area contributed by atoms with Gasteiger partial charge in [0.15, 0.2) is 0 Å². The summed E-state index contributed by atoms with van der Waals surface area (Å²) in [7, 11) is 0. The van der Waals surface area contributed by atoms with Gasteiger partial charge in [0.2, 0.25) is 0 Å². The van der Waals surface area contributed by atoms with Gasteiger partial charge in [-0.3, -0.25) is 10.1 Å². The highest BCUT2D eigenvalue weighted by Crippen LogP contribution is 2.39. The second-order valence-electron chi connectivity index (χ2n) is 6.08.